The van der Waals surface area contributed by atoms with Gasteiger partial charge in [-0.15, -0.1) is 0 Å². The monoisotopic (exact) mass is 191 g/mol. The van der Waals surface area contributed by atoms with Crippen LogP contribution in [0.25, 0.3) is 0 Å². The van der Waals surface area contributed by atoms with Crippen LogP contribution in [0.5, 0.6) is 0 Å². The standard InChI is InChI=1S/C12H17NO/c1-13(9-5-6-10-14)11-12-7-3-2-4-8-12/h2-4,7-8,10H,5-6,9,11H2,1H3. The number of nitrogens with zero attached hydrogens (tertiary/aromatic N) is 1. The van der Waals surface area contributed by atoms with Crippen molar-refractivity contribution >= 4 is 6.29 Å². The molecule has 14 heavy (non-hydrogen) atoms. The lowest BCUT2D eigenvalue weighted by Crippen LogP contribution is -2.19. The highest BCUT2D eigenvalue weighted by Crippen LogP contribution is 2.03. The Balaban J connectivity index is 2.26. The van der Waals surface area contributed by atoms with Crippen molar-refractivity contribution in [3.63, 3.8) is 0 Å². The molecule has 0 aliphatic rings. The summed E-state index contributed by atoms with van der Waals surface area (Å²) in [5.41, 5.74) is 1.32. The van der Waals surface area contributed by atoms with Gasteiger partial charge >= 0.3 is 0 Å². The van der Waals surface area contributed by atoms with E-state index in [1.165, 1.54) is 5.56 Å². The average Bonchev–Trinajstić information content (AvgIpc) is 2.20. The van der Waals surface area contributed by atoms with E-state index in [4.69, 9.17) is 0 Å². The van der Waals surface area contributed by atoms with Gasteiger partial charge in [0.05, 0.1) is 0 Å². The zero-order chi connectivity index (χ0) is 10.2. The van der Waals surface area contributed by atoms with Crippen molar-refractivity contribution in [3.05, 3.63) is 35.9 Å². The van der Waals surface area contributed by atoms with E-state index in [2.05, 4.69) is 36.2 Å². The van der Waals surface area contributed by atoms with Gasteiger partial charge in [0.25, 0.3) is 0 Å². The van der Waals surface area contributed by atoms with Crippen molar-refractivity contribution in [2.75, 3.05) is 13.6 Å². The van der Waals surface area contributed by atoms with Gasteiger partial charge in [-0.1, -0.05) is 30.3 Å². The van der Waals surface area contributed by atoms with Gasteiger partial charge in [0.15, 0.2) is 0 Å². The molecule has 0 bridgehead atoms. The van der Waals surface area contributed by atoms with Gasteiger partial charge in [-0.05, 0) is 25.6 Å². The first kappa shape index (κ1) is 10.9. The maximum Gasteiger partial charge on any atom is 0.120 e. The fourth-order valence-electron chi connectivity index (χ4n) is 1.42. The van der Waals surface area contributed by atoms with Crippen LogP contribution in [0.1, 0.15) is 18.4 Å². The summed E-state index contributed by atoms with van der Waals surface area (Å²) in [6.45, 7) is 1.94. The zero-order valence-corrected chi connectivity index (χ0v) is 8.65. The number of aldehydes is 1. The molecule has 0 atom stereocenters. The third-order valence-corrected chi connectivity index (χ3v) is 2.16. The number of unbranched alkanes of at least 4 members (excludes halogenated alkanes) is 1. The largest absolute Gasteiger partial charge is 0.303 e. The Bertz CT molecular complexity index is 258. The zero-order valence-electron chi connectivity index (χ0n) is 8.65. The molecule has 0 N–H and O–H groups in total. The Kier molecular flexibility index (Phi) is 4.94. The van der Waals surface area contributed by atoms with E-state index < -0.39 is 0 Å². The summed E-state index contributed by atoms with van der Waals surface area (Å²) in [6.07, 6.45) is 2.60. The van der Waals surface area contributed by atoms with Crippen LogP contribution in [0.3, 0.4) is 0 Å². The third-order valence-electron chi connectivity index (χ3n) is 2.16. The molecule has 0 amide bonds. The van der Waals surface area contributed by atoms with Crippen LogP contribution < -0.4 is 0 Å². The number of hydrogen-bond acceptors (Lipinski definition) is 2. The van der Waals surface area contributed by atoms with Crippen molar-refractivity contribution in [2.24, 2.45) is 0 Å². The molecule has 0 saturated heterocycles. The number of carbonyl (C=O) groups excluding carboxylic acids is 1. The molecule has 2 nitrogen and oxygen atoms in total. The van der Waals surface area contributed by atoms with Crippen molar-refractivity contribution in [1.82, 2.24) is 4.90 Å². The van der Waals surface area contributed by atoms with E-state index in [-0.39, 0.29) is 0 Å². The van der Waals surface area contributed by atoms with Gasteiger partial charge < -0.3 is 9.69 Å². The van der Waals surface area contributed by atoms with Gasteiger partial charge in [0, 0.05) is 13.0 Å². The first-order chi connectivity index (χ1) is 6.83. The van der Waals surface area contributed by atoms with E-state index in [0.717, 1.165) is 25.8 Å². The average molecular weight is 191 g/mol. The second-order valence-electron chi connectivity index (χ2n) is 3.53. The Morgan fingerprint density at radius 3 is 2.64 bits per heavy atom. The molecule has 0 aliphatic heterocycles. The van der Waals surface area contributed by atoms with Crippen LogP contribution in [0, 0.1) is 0 Å². The van der Waals surface area contributed by atoms with Crippen LogP contribution >= 0.6 is 0 Å². The lowest BCUT2D eigenvalue weighted by Gasteiger charge is -2.15. The molecular weight excluding hydrogens is 174 g/mol. The van der Waals surface area contributed by atoms with Gasteiger partial charge in [-0.3, -0.25) is 0 Å². The fourth-order valence-corrected chi connectivity index (χ4v) is 1.42. The molecule has 0 saturated carbocycles. The molecular formula is C12H17NO. The van der Waals surface area contributed by atoms with E-state index in [1.807, 2.05) is 6.07 Å². The molecule has 0 unspecified atom stereocenters. The summed E-state index contributed by atoms with van der Waals surface area (Å²) in [5, 5.41) is 0. The van der Waals surface area contributed by atoms with Gasteiger partial charge in [-0.2, -0.15) is 0 Å². The minimum atomic E-state index is 0.666. The van der Waals surface area contributed by atoms with Crippen molar-refractivity contribution < 1.29 is 4.79 Å². The molecule has 1 aromatic carbocycles. The Morgan fingerprint density at radius 1 is 1.29 bits per heavy atom. The molecule has 0 fully saturated rings. The Labute approximate surface area is 85.5 Å². The van der Waals surface area contributed by atoms with Gasteiger partial charge in [0.1, 0.15) is 6.29 Å². The molecule has 0 aliphatic carbocycles. The Morgan fingerprint density at radius 2 is 2.00 bits per heavy atom. The SMILES string of the molecule is CN(CCCC=O)Cc1ccccc1. The molecule has 1 aromatic rings. The van der Waals surface area contributed by atoms with E-state index in [9.17, 15) is 4.79 Å². The highest BCUT2D eigenvalue weighted by molar-refractivity contribution is 5.48. The van der Waals surface area contributed by atoms with Crippen molar-refractivity contribution in [3.8, 4) is 0 Å². The highest BCUT2D eigenvalue weighted by Gasteiger charge is 1.98. The van der Waals surface area contributed by atoms with Crippen molar-refractivity contribution in [1.29, 1.82) is 0 Å². The highest BCUT2D eigenvalue weighted by atomic mass is 16.1. The van der Waals surface area contributed by atoms with E-state index in [0.29, 0.717) is 6.42 Å². The van der Waals surface area contributed by atoms with Gasteiger partial charge in [0.2, 0.25) is 0 Å². The third kappa shape index (κ3) is 4.19. The van der Waals surface area contributed by atoms with E-state index >= 15 is 0 Å². The number of rotatable bonds is 6. The molecule has 0 heterocycles. The lowest BCUT2D eigenvalue weighted by atomic mass is 10.2. The van der Waals surface area contributed by atoms with Crippen LogP contribution in [-0.2, 0) is 11.3 Å². The molecule has 2 heteroatoms. The maximum atomic E-state index is 10.1. The number of hydrogen-bond donors (Lipinski definition) is 0. The van der Waals surface area contributed by atoms with Crippen LogP contribution in [-0.4, -0.2) is 24.8 Å². The minimum absolute atomic E-state index is 0.666. The quantitative estimate of drug-likeness (QED) is 0.507. The van der Waals surface area contributed by atoms with Crippen molar-refractivity contribution in [2.45, 2.75) is 19.4 Å². The Hall–Kier alpha value is -1.15. The van der Waals surface area contributed by atoms with Crippen LogP contribution in [0.4, 0.5) is 0 Å². The minimum Gasteiger partial charge on any atom is -0.303 e. The van der Waals surface area contributed by atoms with Crippen LogP contribution in [0.15, 0.2) is 30.3 Å². The topological polar surface area (TPSA) is 20.3 Å². The summed E-state index contributed by atoms with van der Waals surface area (Å²) >= 11 is 0. The molecule has 1 rings (SSSR count). The summed E-state index contributed by atoms with van der Waals surface area (Å²) in [4.78, 5) is 12.4. The number of benzene rings is 1. The summed E-state index contributed by atoms with van der Waals surface area (Å²) < 4.78 is 0. The normalized spacial score (nSPS) is 10.4. The summed E-state index contributed by atoms with van der Waals surface area (Å²) in [7, 11) is 2.08. The van der Waals surface area contributed by atoms with Crippen LogP contribution in [0.2, 0.25) is 0 Å². The molecule has 0 spiro atoms. The fraction of sp³-hybridized carbons (Fsp3) is 0.417. The molecule has 0 radical (unpaired) electrons. The predicted molar refractivity (Wildman–Crippen MR) is 58.1 cm³/mol. The van der Waals surface area contributed by atoms with Gasteiger partial charge in [-0.25, -0.2) is 0 Å². The first-order valence-corrected chi connectivity index (χ1v) is 4.99. The number of carbonyl (C=O) groups is 1. The smallest absolute Gasteiger partial charge is 0.120 e. The first-order valence-electron chi connectivity index (χ1n) is 4.99. The second-order valence-corrected chi connectivity index (χ2v) is 3.53. The molecule has 0 aromatic heterocycles. The lowest BCUT2D eigenvalue weighted by molar-refractivity contribution is -0.108. The summed E-state index contributed by atoms with van der Waals surface area (Å²) in [6, 6.07) is 10.4. The van der Waals surface area contributed by atoms with E-state index in [1.54, 1.807) is 0 Å². The summed E-state index contributed by atoms with van der Waals surface area (Å²) in [5.74, 6) is 0. The maximum absolute atomic E-state index is 10.1. The second kappa shape index (κ2) is 6.33. The predicted octanol–water partition coefficient (Wildman–Crippen LogP) is 2.10. The molecule has 76 valence electrons.